The molecular formula is C13H21N3O3S. The number of anilines is 1. The molecule has 0 spiro atoms. The van der Waals surface area contributed by atoms with E-state index < -0.39 is 16.1 Å². The molecule has 0 atom stereocenters. The van der Waals surface area contributed by atoms with Gasteiger partial charge in [-0.2, -0.15) is 0 Å². The van der Waals surface area contributed by atoms with E-state index in [1.807, 2.05) is 0 Å². The standard InChI is InChI=1S/C13H21N3O3S/c1-5-16(13(17)15-9(2)3)20(18,19)11-8-6-7-10(4)12(11)14/h6-9H,5,14H2,1-4H3,(H,15,17). The Morgan fingerprint density at radius 2 is 2.00 bits per heavy atom. The summed E-state index contributed by atoms with van der Waals surface area (Å²) in [5.74, 6) is 0. The number of aryl methyl sites for hydroxylation is 1. The Bertz CT molecular complexity index is 597. The van der Waals surface area contributed by atoms with Gasteiger partial charge in [-0.1, -0.05) is 12.1 Å². The second-order valence-electron chi connectivity index (χ2n) is 4.76. The van der Waals surface area contributed by atoms with Crippen LogP contribution < -0.4 is 11.1 Å². The lowest BCUT2D eigenvalue weighted by Crippen LogP contribution is -2.46. The number of hydrogen-bond acceptors (Lipinski definition) is 4. The molecule has 0 aliphatic carbocycles. The molecule has 3 N–H and O–H groups in total. The molecule has 1 aromatic rings. The number of nitrogens with zero attached hydrogens (tertiary/aromatic N) is 1. The molecule has 0 saturated carbocycles. The van der Waals surface area contributed by atoms with Crippen molar-refractivity contribution < 1.29 is 13.2 Å². The maximum Gasteiger partial charge on any atom is 0.331 e. The number of carbonyl (C=O) groups excluding carboxylic acids is 1. The van der Waals surface area contributed by atoms with Crippen LogP contribution in [-0.2, 0) is 10.0 Å². The first-order chi connectivity index (χ1) is 9.21. The van der Waals surface area contributed by atoms with Crippen molar-refractivity contribution >= 4 is 21.7 Å². The SMILES string of the molecule is CCN(C(=O)NC(C)C)S(=O)(=O)c1cccc(C)c1N. The summed E-state index contributed by atoms with van der Waals surface area (Å²) in [6, 6.07) is 3.93. The Hall–Kier alpha value is -1.76. The third-order valence-electron chi connectivity index (χ3n) is 2.78. The summed E-state index contributed by atoms with van der Waals surface area (Å²) >= 11 is 0. The molecule has 0 aromatic heterocycles. The highest BCUT2D eigenvalue weighted by atomic mass is 32.2. The largest absolute Gasteiger partial charge is 0.397 e. The van der Waals surface area contributed by atoms with Crippen LogP contribution in [0.1, 0.15) is 26.3 Å². The highest BCUT2D eigenvalue weighted by Gasteiger charge is 2.30. The smallest absolute Gasteiger partial charge is 0.331 e. The van der Waals surface area contributed by atoms with Gasteiger partial charge in [0.1, 0.15) is 4.90 Å². The molecule has 0 aliphatic rings. The summed E-state index contributed by atoms with van der Waals surface area (Å²) in [6.45, 7) is 6.88. The summed E-state index contributed by atoms with van der Waals surface area (Å²) < 4.78 is 25.9. The summed E-state index contributed by atoms with van der Waals surface area (Å²) in [5, 5.41) is 2.57. The van der Waals surface area contributed by atoms with Crippen LogP contribution in [0.2, 0.25) is 0 Å². The minimum atomic E-state index is -3.95. The molecule has 2 amide bonds. The third kappa shape index (κ3) is 3.22. The van der Waals surface area contributed by atoms with Gasteiger partial charge in [0.15, 0.2) is 0 Å². The van der Waals surface area contributed by atoms with Crippen LogP contribution in [0, 0.1) is 6.92 Å². The van der Waals surface area contributed by atoms with Crippen LogP contribution in [0.5, 0.6) is 0 Å². The number of rotatable bonds is 4. The van der Waals surface area contributed by atoms with Gasteiger partial charge in [-0.3, -0.25) is 0 Å². The fourth-order valence-corrected chi connectivity index (χ4v) is 3.28. The Labute approximate surface area is 120 Å². The van der Waals surface area contributed by atoms with Gasteiger partial charge < -0.3 is 11.1 Å². The zero-order valence-electron chi connectivity index (χ0n) is 12.2. The average molecular weight is 299 g/mol. The van der Waals surface area contributed by atoms with Gasteiger partial charge in [0, 0.05) is 12.6 Å². The van der Waals surface area contributed by atoms with E-state index in [9.17, 15) is 13.2 Å². The van der Waals surface area contributed by atoms with Crippen molar-refractivity contribution in [1.82, 2.24) is 9.62 Å². The van der Waals surface area contributed by atoms with Crippen molar-refractivity contribution in [3.63, 3.8) is 0 Å². The van der Waals surface area contributed by atoms with Gasteiger partial charge in [-0.25, -0.2) is 17.5 Å². The average Bonchev–Trinajstić information content (AvgIpc) is 2.31. The number of carbonyl (C=O) groups is 1. The quantitative estimate of drug-likeness (QED) is 0.828. The number of para-hydroxylation sites is 1. The van der Waals surface area contributed by atoms with E-state index in [0.717, 1.165) is 4.31 Å². The number of nitrogens with two attached hydrogens (primary N) is 1. The van der Waals surface area contributed by atoms with Gasteiger partial charge >= 0.3 is 6.03 Å². The molecule has 0 heterocycles. The normalized spacial score (nSPS) is 11.4. The zero-order valence-corrected chi connectivity index (χ0v) is 13.0. The predicted molar refractivity (Wildman–Crippen MR) is 78.8 cm³/mol. The molecule has 0 radical (unpaired) electrons. The minimum Gasteiger partial charge on any atom is -0.397 e. The van der Waals surface area contributed by atoms with E-state index in [-0.39, 0.29) is 23.2 Å². The van der Waals surface area contributed by atoms with Crippen molar-refractivity contribution in [2.75, 3.05) is 12.3 Å². The summed E-state index contributed by atoms with van der Waals surface area (Å²) in [5.41, 5.74) is 6.65. The molecule has 0 bridgehead atoms. The van der Waals surface area contributed by atoms with Gasteiger partial charge in [0.05, 0.1) is 5.69 Å². The van der Waals surface area contributed by atoms with E-state index in [4.69, 9.17) is 5.73 Å². The van der Waals surface area contributed by atoms with E-state index in [2.05, 4.69) is 5.32 Å². The second-order valence-corrected chi connectivity index (χ2v) is 6.59. The van der Waals surface area contributed by atoms with Crippen molar-refractivity contribution in [3.05, 3.63) is 23.8 Å². The Morgan fingerprint density at radius 1 is 1.40 bits per heavy atom. The molecule has 0 unspecified atom stereocenters. The van der Waals surface area contributed by atoms with Gasteiger partial charge in [-0.05, 0) is 39.3 Å². The molecule has 6 nitrogen and oxygen atoms in total. The maximum atomic E-state index is 12.5. The molecule has 1 aromatic carbocycles. The monoisotopic (exact) mass is 299 g/mol. The van der Waals surface area contributed by atoms with Crippen molar-refractivity contribution in [2.24, 2.45) is 0 Å². The minimum absolute atomic E-state index is 0.0360. The topological polar surface area (TPSA) is 92.5 Å². The lowest BCUT2D eigenvalue weighted by atomic mass is 10.2. The number of sulfonamides is 1. The van der Waals surface area contributed by atoms with Crippen LogP contribution >= 0.6 is 0 Å². The highest BCUT2D eigenvalue weighted by molar-refractivity contribution is 7.89. The number of nitrogen functional groups attached to an aromatic ring is 1. The van der Waals surface area contributed by atoms with E-state index in [0.29, 0.717) is 5.56 Å². The van der Waals surface area contributed by atoms with Crippen molar-refractivity contribution in [3.8, 4) is 0 Å². The summed E-state index contributed by atoms with van der Waals surface area (Å²) in [7, 11) is -3.95. The number of amides is 2. The van der Waals surface area contributed by atoms with E-state index in [1.54, 1.807) is 39.8 Å². The number of benzene rings is 1. The molecule has 20 heavy (non-hydrogen) atoms. The third-order valence-corrected chi connectivity index (χ3v) is 4.69. The van der Waals surface area contributed by atoms with Gasteiger partial charge in [-0.15, -0.1) is 0 Å². The lowest BCUT2D eigenvalue weighted by Gasteiger charge is -2.23. The van der Waals surface area contributed by atoms with Gasteiger partial charge in [0.2, 0.25) is 0 Å². The van der Waals surface area contributed by atoms with Crippen LogP contribution in [0.25, 0.3) is 0 Å². The molecule has 0 fully saturated rings. The summed E-state index contributed by atoms with van der Waals surface area (Å²) in [4.78, 5) is 12.0. The zero-order chi connectivity index (χ0) is 15.5. The molecule has 1 rings (SSSR count). The first-order valence-electron chi connectivity index (χ1n) is 6.40. The fraction of sp³-hybridized carbons (Fsp3) is 0.462. The summed E-state index contributed by atoms with van der Waals surface area (Å²) in [6.07, 6.45) is 0. The first kappa shape index (κ1) is 16.3. The van der Waals surface area contributed by atoms with Gasteiger partial charge in [0.25, 0.3) is 10.0 Å². The highest BCUT2D eigenvalue weighted by Crippen LogP contribution is 2.25. The molecule has 0 aliphatic heterocycles. The molecule has 0 saturated heterocycles. The molecular weight excluding hydrogens is 278 g/mol. The predicted octanol–water partition coefficient (Wildman–Crippen LogP) is 1.71. The first-order valence-corrected chi connectivity index (χ1v) is 7.84. The Kier molecular flexibility index (Phi) is 4.99. The van der Waals surface area contributed by atoms with Crippen LogP contribution in [0.4, 0.5) is 10.5 Å². The Balaban J connectivity index is 3.26. The Morgan fingerprint density at radius 3 is 2.50 bits per heavy atom. The van der Waals surface area contributed by atoms with E-state index in [1.165, 1.54) is 6.07 Å². The number of nitrogens with one attached hydrogen (secondary N) is 1. The second kappa shape index (κ2) is 6.13. The number of hydrogen-bond donors (Lipinski definition) is 2. The van der Waals surface area contributed by atoms with Crippen LogP contribution in [-0.4, -0.2) is 31.3 Å². The number of urea groups is 1. The fourth-order valence-electron chi connectivity index (χ4n) is 1.74. The molecule has 7 heteroatoms. The lowest BCUT2D eigenvalue weighted by molar-refractivity contribution is 0.222. The van der Waals surface area contributed by atoms with Crippen molar-refractivity contribution in [2.45, 2.75) is 38.6 Å². The van der Waals surface area contributed by atoms with Crippen LogP contribution in [0.3, 0.4) is 0 Å². The van der Waals surface area contributed by atoms with Crippen LogP contribution in [0.15, 0.2) is 23.1 Å². The molecule has 112 valence electrons. The maximum absolute atomic E-state index is 12.5. The van der Waals surface area contributed by atoms with E-state index >= 15 is 0 Å². The van der Waals surface area contributed by atoms with Crippen molar-refractivity contribution in [1.29, 1.82) is 0 Å².